The summed E-state index contributed by atoms with van der Waals surface area (Å²) in [6, 6.07) is 4.15. The van der Waals surface area contributed by atoms with Gasteiger partial charge in [0.05, 0.1) is 12.2 Å². The molecule has 0 saturated carbocycles. The van der Waals surface area contributed by atoms with Crippen LogP contribution in [-0.4, -0.2) is 35.2 Å². The van der Waals surface area contributed by atoms with Crippen LogP contribution in [0.2, 0.25) is 0 Å². The van der Waals surface area contributed by atoms with Gasteiger partial charge in [-0.1, -0.05) is 6.07 Å². The Morgan fingerprint density at radius 1 is 1.50 bits per heavy atom. The lowest BCUT2D eigenvalue weighted by Gasteiger charge is -2.17. The lowest BCUT2D eigenvalue weighted by molar-refractivity contribution is 0.0478. The molecule has 0 amide bonds. The Hall–Kier alpha value is -0.930. The van der Waals surface area contributed by atoms with Gasteiger partial charge in [-0.05, 0) is 25.0 Å². The third kappa shape index (κ3) is 1.97. The Balaban J connectivity index is 1.60. The second kappa shape index (κ2) is 4.15. The highest BCUT2D eigenvalue weighted by Crippen LogP contribution is 2.33. The Morgan fingerprint density at radius 3 is 3.19 bits per heavy atom. The quantitative estimate of drug-likeness (QED) is 0.755. The zero-order chi connectivity index (χ0) is 11.0. The van der Waals surface area contributed by atoms with Crippen LogP contribution in [0.4, 0.5) is 0 Å². The molecule has 1 aromatic heterocycles. The van der Waals surface area contributed by atoms with Crippen molar-refractivity contribution in [3.63, 3.8) is 0 Å². The first-order valence-corrected chi connectivity index (χ1v) is 6.08. The zero-order valence-corrected chi connectivity index (χ0v) is 9.67. The summed E-state index contributed by atoms with van der Waals surface area (Å²) in [5.74, 6) is 0.756. The highest BCUT2D eigenvalue weighted by Gasteiger charge is 2.40. The molecule has 3 heteroatoms. The number of aromatic nitrogens is 1. The maximum absolute atomic E-state index is 5.90. The molecular formula is C13H18N2O. The Morgan fingerprint density at radius 2 is 2.44 bits per heavy atom. The molecule has 1 aromatic rings. The van der Waals surface area contributed by atoms with Crippen molar-refractivity contribution in [3.05, 3.63) is 30.1 Å². The van der Waals surface area contributed by atoms with Gasteiger partial charge in [-0.15, -0.1) is 0 Å². The van der Waals surface area contributed by atoms with E-state index in [0.29, 0.717) is 12.2 Å². The van der Waals surface area contributed by atoms with Crippen molar-refractivity contribution < 1.29 is 4.74 Å². The molecule has 0 unspecified atom stereocenters. The Kier molecular flexibility index (Phi) is 2.65. The lowest BCUT2D eigenvalue weighted by atomic mass is 10.0. The number of hydrogen-bond donors (Lipinski definition) is 0. The number of nitrogens with zero attached hydrogens (tertiary/aromatic N) is 2. The minimum Gasteiger partial charge on any atom is -0.374 e. The van der Waals surface area contributed by atoms with Gasteiger partial charge in [0.1, 0.15) is 0 Å². The van der Waals surface area contributed by atoms with E-state index in [9.17, 15) is 0 Å². The van der Waals surface area contributed by atoms with Crippen LogP contribution in [0.3, 0.4) is 0 Å². The molecular weight excluding hydrogens is 200 g/mol. The van der Waals surface area contributed by atoms with Gasteiger partial charge in [-0.25, -0.2) is 0 Å². The number of ether oxygens (including phenoxy) is 1. The molecule has 3 atom stereocenters. The predicted octanol–water partition coefficient (Wildman–Crippen LogP) is 1.69. The summed E-state index contributed by atoms with van der Waals surface area (Å²) < 4.78 is 5.90. The third-order valence-corrected chi connectivity index (χ3v) is 3.63. The summed E-state index contributed by atoms with van der Waals surface area (Å²) in [5, 5.41) is 0. The van der Waals surface area contributed by atoms with Gasteiger partial charge < -0.3 is 4.74 Å². The minimum atomic E-state index is 0.468. The van der Waals surface area contributed by atoms with Gasteiger partial charge >= 0.3 is 0 Å². The van der Waals surface area contributed by atoms with Crippen molar-refractivity contribution in [1.29, 1.82) is 0 Å². The molecule has 0 aliphatic carbocycles. The standard InChI is InChI=1S/C13H18N2O/c1-10-5-12-8-15(9-13(12)16-10)7-11-3-2-4-14-6-11/h2-4,6,10,12-13H,5,7-9H2,1H3/t10-,12+,13-/m1/s1. The van der Waals surface area contributed by atoms with Crippen LogP contribution < -0.4 is 0 Å². The minimum absolute atomic E-state index is 0.468. The average Bonchev–Trinajstić information content (AvgIpc) is 2.76. The highest BCUT2D eigenvalue weighted by atomic mass is 16.5. The summed E-state index contributed by atoms with van der Waals surface area (Å²) in [5.41, 5.74) is 1.30. The van der Waals surface area contributed by atoms with E-state index in [1.54, 1.807) is 0 Å². The first-order valence-electron chi connectivity index (χ1n) is 6.08. The fourth-order valence-electron chi connectivity index (χ4n) is 2.97. The first-order chi connectivity index (χ1) is 7.81. The zero-order valence-electron chi connectivity index (χ0n) is 9.67. The number of likely N-dealkylation sites (tertiary alicyclic amines) is 1. The fourth-order valence-corrected chi connectivity index (χ4v) is 2.97. The normalized spacial score (nSPS) is 34.2. The van der Waals surface area contributed by atoms with Crippen molar-refractivity contribution in [3.8, 4) is 0 Å². The van der Waals surface area contributed by atoms with Crippen LogP contribution in [0.25, 0.3) is 0 Å². The van der Waals surface area contributed by atoms with Crippen molar-refractivity contribution in [1.82, 2.24) is 9.88 Å². The predicted molar refractivity (Wildman–Crippen MR) is 62.0 cm³/mol. The van der Waals surface area contributed by atoms with E-state index in [0.717, 1.165) is 19.0 Å². The second-order valence-corrected chi connectivity index (χ2v) is 5.04. The molecule has 2 aliphatic rings. The molecule has 86 valence electrons. The smallest absolute Gasteiger partial charge is 0.0746 e. The number of fused-ring (bicyclic) bond motifs is 1. The molecule has 16 heavy (non-hydrogen) atoms. The van der Waals surface area contributed by atoms with Crippen LogP contribution in [0.15, 0.2) is 24.5 Å². The van der Waals surface area contributed by atoms with Crippen molar-refractivity contribution in [2.75, 3.05) is 13.1 Å². The summed E-state index contributed by atoms with van der Waals surface area (Å²) in [7, 11) is 0. The van der Waals surface area contributed by atoms with Gasteiger partial charge in [-0.2, -0.15) is 0 Å². The molecule has 2 saturated heterocycles. The van der Waals surface area contributed by atoms with Gasteiger partial charge in [0.2, 0.25) is 0 Å². The maximum atomic E-state index is 5.90. The first kappa shape index (κ1) is 10.2. The monoisotopic (exact) mass is 218 g/mol. The fraction of sp³-hybridized carbons (Fsp3) is 0.615. The van der Waals surface area contributed by atoms with Gasteiger partial charge in [-0.3, -0.25) is 9.88 Å². The molecule has 2 aliphatic heterocycles. The number of rotatable bonds is 2. The van der Waals surface area contributed by atoms with E-state index in [2.05, 4.69) is 22.9 Å². The molecule has 0 aromatic carbocycles. The van der Waals surface area contributed by atoms with Crippen LogP contribution in [0, 0.1) is 5.92 Å². The van der Waals surface area contributed by atoms with E-state index in [-0.39, 0.29) is 0 Å². The van der Waals surface area contributed by atoms with E-state index < -0.39 is 0 Å². The molecule has 2 fully saturated rings. The van der Waals surface area contributed by atoms with Gasteiger partial charge in [0.15, 0.2) is 0 Å². The second-order valence-electron chi connectivity index (χ2n) is 5.04. The maximum Gasteiger partial charge on any atom is 0.0746 e. The van der Waals surface area contributed by atoms with Crippen LogP contribution in [0.5, 0.6) is 0 Å². The van der Waals surface area contributed by atoms with E-state index in [1.807, 2.05) is 18.5 Å². The summed E-state index contributed by atoms with van der Waals surface area (Å²) in [6.07, 6.45) is 5.96. The SMILES string of the molecule is C[C@@H]1C[C@H]2CN(Cc3cccnc3)C[C@H]2O1. The van der Waals surface area contributed by atoms with Crippen LogP contribution in [0.1, 0.15) is 18.9 Å². The average molecular weight is 218 g/mol. The summed E-state index contributed by atoms with van der Waals surface area (Å²) in [4.78, 5) is 6.64. The molecule has 0 bridgehead atoms. The molecule has 3 heterocycles. The Labute approximate surface area is 96.4 Å². The molecule has 0 N–H and O–H groups in total. The molecule has 0 spiro atoms. The van der Waals surface area contributed by atoms with Gasteiger partial charge in [0.25, 0.3) is 0 Å². The third-order valence-electron chi connectivity index (χ3n) is 3.63. The Bertz CT molecular complexity index is 340. The topological polar surface area (TPSA) is 25.4 Å². The lowest BCUT2D eigenvalue weighted by Crippen LogP contribution is -2.24. The summed E-state index contributed by atoms with van der Waals surface area (Å²) >= 11 is 0. The van der Waals surface area contributed by atoms with E-state index >= 15 is 0 Å². The van der Waals surface area contributed by atoms with Crippen molar-refractivity contribution >= 4 is 0 Å². The van der Waals surface area contributed by atoms with Crippen molar-refractivity contribution in [2.45, 2.75) is 32.1 Å². The molecule has 3 nitrogen and oxygen atoms in total. The van der Waals surface area contributed by atoms with Crippen LogP contribution in [-0.2, 0) is 11.3 Å². The molecule has 3 rings (SSSR count). The largest absolute Gasteiger partial charge is 0.374 e. The van der Waals surface area contributed by atoms with Crippen LogP contribution >= 0.6 is 0 Å². The van der Waals surface area contributed by atoms with Gasteiger partial charge in [0, 0.05) is 37.9 Å². The van der Waals surface area contributed by atoms with Crippen molar-refractivity contribution in [2.24, 2.45) is 5.92 Å². The van der Waals surface area contributed by atoms with E-state index in [1.165, 1.54) is 18.5 Å². The van der Waals surface area contributed by atoms with E-state index in [4.69, 9.17) is 4.74 Å². The number of pyridine rings is 1. The molecule has 0 radical (unpaired) electrons. The highest BCUT2D eigenvalue weighted by molar-refractivity contribution is 5.09. The number of hydrogen-bond acceptors (Lipinski definition) is 3. The summed E-state index contributed by atoms with van der Waals surface area (Å²) in [6.45, 7) is 5.47.